The maximum atomic E-state index is 5.39. The standard InChI is InChI=1S/C11H20N2OS/c1-9(7-11(2,3)14-4)13-8-10-12-5-6-15-10/h5-6,9,13H,7-8H2,1-4H3. The third kappa shape index (κ3) is 4.73. The molecular weight excluding hydrogens is 208 g/mol. The molecule has 0 spiro atoms. The Hall–Kier alpha value is -0.450. The number of hydrogen-bond donors (Lipinski definition) is 1. The molecule has 1 heterocycles. The van der Waals surface area contributed by atoms with E-state index in [2.05, 4.69) is 31.1 Å². The van der Waals surface area contributed by atoms with E-state index in [1.807, 2.05) is 11.6 Å². The average molecular weight is 228 g/mol. The largest absolute Gasteiger partial charge is 0.379 e. The van der Waals surface area contributed by atoms with Crippen LogP contribution in [0.3, 0.4) is 0 Å². The van der Waals surface area contributed by atoms with Gasteiger partial charge in [-0.1, -0.05) is 0 Å². The Morgan fingerprint density at radius 1 is 1.60 bits per heavy atom. The molecule has 0 fully saturated rings. The molecule has 0 saturated heterocycles. The molecule has 0 bridgehead atoms. The number of nitrogens with zero attached hydrogens (tertiary/aromatic N) is 1. The second-order valence-corrected chi connectivity index (χ2v) is 5.35. The molecule has 0 aliphatic rings. The lowest BCUT2D eigenvalue weighted by Crippen LogP contribution is -2.35. The van der Waals surface area contributed by atoms with E-state index in [4.69, 9.17) is 4.74 Å². The van der Waals surface area contributed by atoms with Gasteiger partial charge < -0.3 is 10.1 Å². The average Bonchev–Trinajstić information content (AvgIpc) is 2.66. The molecule has 0 aromatic carbocycles. The Bertz CT molecular complexity index is 272. The molecule has 86 valence electrons. The van der Waals surface area contributed by atoms with E-state index in [1.54, 1.807) is 18.4 Å². The topological polar surface area (TPSA) is 34.1 Å². The summed E-state index contributed by atoms with van der Waals surface area (Å²) in [5.74, 6) is 0. The summed E-state index contributed by atoms with van der Waals surface area (Å²) in [6.45, 7) is 7.23. The van der Waals surface area contributed by atoms with Gasteiger partial charge in [-0.25, -0.2) is 4.98 Å². The highest BCUT2D eigenvalue weighted by Crippen LogP contribution is 2.15. The zero-order valence-corrected chi connectivity index (χ0v) is 10.7. The molecule has 1 aromatic rings. The summed E-state index contributed by atoms with van der Waals surface area (Å²) in [6.07, 6.45) is 2.83. The van der Waals surface area contributed by atoms with Crippen molar-refractivity contribution >= 4 is 11.3 Å². The zero-order valence-electron chi connectivity index (χ0n) is 9.91. The predicted octanol–water partition coefficient (Wildman–Crippen LogP) is 2.44. The monoisotopic (exact) mass is 228 g/mol. The van der Waals surface area contributed by atoms with Crippen LogP contribution in [-0.2, 0) is 11.3 Å². The van der Waals surface area contributed by atoms with Crippen LogP contribution in [0, 0.1) is 0 Å². The van der Waals surface area contributed by atoms with Gasteiger partial charge in [0.1, 0.15) is 5.01 Å². The number of aromatic nitrogens is 1. The number of ether oxygens (including phenoxy) is 1. The Morgan fingerprint density at radius 3 is 2.87 bits per heavy atom. The summed E-state index contributed by atoms with van der Waals surface area (Å²) in [7, 11) is 1.76. The van der Waals surface area contributed by atoms with Crippen molar-refractivity contribution in [2.24, 2.45) is 0 Å². The number of hydrogen-bond acceptors (Lipinski definition) is 4. The van der Waals surface area contributed by atoms with Crippen LogP contribution in [0.2, 0.25) is 0 Å². The van der Waals surface area contributed by atoms with Crippen LogP contribution < -0.4 is 5.32 Å². The van der Waals surface area contributed by atoms with Gasteiger partial charge in [-0.05, 0) is 27.2 Å². The van der Waals surface area contributed by atoms with E-state index >= 15 is 0 Å². The van der Waals surface area contributed by atoms with Gasteiger partial charge in [0.25, 0.3) is 0 Å². The van der Waals surface area contributed by atoms with E-state index in [0.717, 1.165) is 18.0 Å². The van der Waals surface area contributed by atoms with Gasteiger partial charge in [0.05, 0.1) is 5.60 Å². The van der Waals surface area contributed by atoms with Crippen molar-refractivity contribution in [1.29, 1.82) is 0 Å². The van der Waals surface area contributed by atoms with Crippen LogP contribution in [-0.4, -0.2) is 23.7 Å². The molecule has 1 N–H and O–H groups in total. The Labute approximate surface area is 95.9 Å². The third-order valence-electron chi connectivity index (χ3n) is 2.44. The van der Waals surface area contributed by atoms with Crippen LogP contribution in [0.1, 0.15) is 32.2 Å². The molecule has 0 aliphatic carbocycles. The molecule has 1 unspecified atom stereocenters. The Balaban J connectivity index is 2.27. The summed E-state index contributed by atoms with van der Waals surface area (Å²) in [5, 5.41) is 6.58. The molecule has 15 heavy (non-hydrogen) atoms. The number of nitrogens with one attached hydrogen (secondary N) is 1. The van der Waals surface area contributed by atoms with Gasteiger partial charge in [0.2, 0.25) is 0 Å². The zero-order chi connectivity index (χ0) is 11.3. The minimum absolute atomic E-state index is 0.0602. The fourth-order valence-electron chi connectivity index (χ4n) is 1.49. The fourth-order valence-corrected chi connectivity index (χ4v) is 2.06. The van der Waals surface area contributed by atoms with Crippen molar-refractivity contribution in [3.63, 3.8) is 0 Å². The van der Waals surface area contributed by atoms with E-state index in [9.17, 15) is 0 Å². The van der Waals surface area contributed by atoms with Gasteiger partial charge in [0, 0.05) is 31.3 Å². The van der Waals surface area contributed by atoms with E-state index < -0.39 is 0 Å². The lowest BCUT2D eigenvalue weighted by molar-refractivity contribution is 0.00844. The minimum Gasteiger partial charge on any atom is -0.379 e. The van der Waals surface area contributed by atoms with Crippen molar-refractivity contribution < 1.29 is 4.74 Å². The second kappa shape index (κ2) is 5.58. The molecule has 0 radical (unpaired) electrons. The lowest BCUT2D eigenvalue weighted by atomic mass is 10.00. The van der Waals surface area contributed by atoms with E-state index in [0.29, 0.717) is 6.04 Å². The van der Waals surface area contributed by atoms with Crippen molar-refractivity contribution in [3.05, 3.63) is 16.6 Å². The first kappa shape index (κ1) is 12.6. The summed E-state index contributed by atoms with van der Waals surface area (Å²) in [6, 6.07) is 0.434. The first-order chi connectivity index (χ1) is 7.03. The minimum atomic E-state index is -0.0602. The molecule has 1 rings (SSSR count). The maximum absolute atomic E-state index is 5.39. The summed E-state index contributed by atoms with van der Waals surface area (Å²) in [4.78, 5) is 4.23. The predicted molar refractivity (Wildman–Crippen MR) is 64.1 cm³/mol. The van der Waals surface area contributed by atoms with E-state index in [-0.39, 0.29) is 5.60 Å². The number of rotatable bonds is 6. The Morgan fingerprint density at radius 2 is 2.33 bits per heavy atom. The summed E-state index contributed by atoms with van der Waals surface area (Å²) in [5.41, 5.74) is -0.0602. The van der Waals surface area contributed by atoms with Crippen molar-refractivity contribution in [2.75, 3.05) is 7.11 Å². The first-order valence-corrected chi connectivity index (χ1v) is 6.08. The second-order valence-electron chi connectivity index (χ2n) is 4.38. The van der Waals surface area contributed by atoms with Gasteiger partial charge >= 0.3 is 0 Å². The molecule has 3 nitrogen and oxygen atoms in total. The third-order valence-corrected chi connectivity index (χ3v) is 3.22. The smallest absolute Gasteiger partial charge is 0.106 e. The highest BCUT2D eigenvalue weighted by molar-refractivity contribution is 7.09. The number of methoxy groups -OCH3 is 1. The normalized spacial score (nSPS) is 14.1. The highest BCUT2D eigenvalue weighted by atomic mass is 32.1. The SMILES string of the molecule is COC(C)(C)CC(C)NCc1nccs1. The van der Waals surface area contributed by atoms with Crippen LogP contribution in [0.4, 0.5) is 0 Å². The van der Waals surface area contributed by atoms with Crippen LogP contribution in [0.5, 0.6) is 0 Å². The molecular formula is C11H20N2OS. The van der Waals surface area contributed by atoms with Crippen molar-refractivity contribution in [1.82, 2.24) is 10.3 Å². The lowest BCUT2D eigenvalue weighted by Gasteiger charge is -2.26. The van der Waals surface area contributed by atoms with Crippen LogP contribution >= 0.6 is 11.3 Å². The van der Waals surface area contributed by atoms with Gasteiger partial charge in [-0.15, -0.1) is 11.3 Å². The number of thiazole rings is 1. The van der Waals surface area contributed by atoms with Crippen LogP contribution in [0.25, 0.3) is 0 Å². The van der Waals surface area contributed by atoms with Gasteiger partial charge in [-0.2, -0.15) is 0 Å². The van der Waals surface area contributed by atoms with Gasteiger partial charge in [0.15, 0.2) is 0 Å². The van der Waals surface area contributed by atoms with Crippen molar-refractivity contribution in [2.45, 2.75) is 45.4 Å². The molecule has 0 amide bonds. The summed E-state index contributed by atoms with van der Waals surface area (Å²) >= 11 is 1.68. The van der Waals surface area contributed by atoms with Crippen LogP contribution in [0.15, 0.2) is 11.6 Å². The fraction of sp³-hybridized carbons (Fsp3) is 0.727. The molecule has 4 heteroatoms. The molecule has 1 aromatic heterocycles. The van der Waals surface area contributed by atoms with E-state index in [1.165, 1.54) is 0 Å². The summed E-state index contributed by atoms with van der Waals surface area (Å²) < 4.78 is 5.39. The van der Waals surface area contributed by atoms with Gasteiger partial charge in [-0.3, -0.25) is 0 Å². The molecule has 0 saturated carbocycles. The first-order valence-electron chi connectivity index (χ1n) is 5.20. The quantitative estimate of drug-likeness (QED) is 0.812. The Kier molecular flexibility index (Phi) is 4.70. The van der Waals surface area contributed by atoms with Crippen molar-refractivity contribution in [3.8, 4) is 0 Å². The molecule has 0 aliphatic heterocycles. The highest BCUT2D eigenvalue weighted by Gasteiger charge is 2.19. The maximum Gasteiger partial charge on any atom is 0.106 e. The molecule has 1 atom stereocenters.